The number of nitrogens with one attached hydrogen (secondary N) is 2. The summed E-state index contributed by atoms with van der Waals surface area (Å²) in [4.78, 5) is 24.4. The summed E-state index contributed by atoms with van der Waals surface area (Å²) in [5.74, 6) is 0.930. The molecule has 1 amide bonds. The smallest absolute Gasteiger partial charge is 0.233 e. The van der Waals surface area contributed by atoms with Gasteiger partial charge in [-0.05, 0) is 44.1 Å². The second-order valence-electron chi connectivity index (χ2n) is 6.41. The van der Waals surface area contributed by atoms with E-state index in [1.807, 2.05) is 13.0 Å². The Bertz CT molecular complexity index is 630. The molecule has 124 valence electrons. The van der Waals surface area contributed by atoms with Crippen molar-refractivity contribution in [3.63, 3.8) is 0 Å². The summed E-state index contributed by atoms with van der Waals surface area (Å²) >= 11 is 1.51. The molecule has 1 saturated carbocycles. The fraction of sp³-hybridized carbons (Fsp3) is 0.588. The zero-order valence-electron chi connectivity index (χ0n) is 13.7. The predicted molar refractivity (Wildman–Crippen MR) is 93.4 cm³/mol. The van der Waals surface area contributed by atoms with Crippen LogP contribution in [0.2, 0.25) is 0 Å². The number of fused-ring (bicyclic) bond motifs is 1. The molecular formula is C17H24N4OS. The van der Waals surface area contributed by atoms with Crippen molar-refractivity contribution in [2.24, 2.45) is 5.92 Å². The van der Waals surface area contributed by atoms with Gasteiger partial charge in [-0.2, -0.15) is 0 Å². The number of H-pyrrole nitrogens is 1. The van der Waals surface area contributed by atoms with Gasteiger partial charge in [-0.3, -0.25) is 9.78 Å². The van der Waals surface area contributed by atoms with E-state index in [2.05, 4.69) is 27.2 Å². The molecule has 1 fully saturated rings. The Labute approximate surface area is 141 Å². The lowest BCUT2D eigenvalue weighted by Crippen LogP contribution is -2.41. The summed E-state index contributed by atoms with van der Waals surface area (Å²) in [5, 5.41) is 3.91. The molecule has 1 aliphatic rings. The minimum absolute atomic E-state index is 0.108. The van der Waals surface area contributed by atoms with Crippen LogP contribution in [0.5, 0.6) is 0 Å². The topological polar surface area (TPSA) is 70.7 Å². The number of rotatable bonds is 5. The van der Waals surface area contributed by atoms with Crippen LogP contribution in [0.3, 0.4) is 0 Å². The van der Waals surface area contributed by atoms with Gasteiger partial charge in [0.25, 0.3) is 0 Å². The largest absolute Gasteiger partial charge is 0.352 e. The molecule has 0 bridgehead atoms. The van der Waals surface area contributed by atoms with Crippen molar-refractivity contribution >= 4 is 28.7 Å². The van der Waals surface area contributed by atoms with Gasteiger partial charge in [0, 0.05) is 12.2 Å². The Kier molecular flexibility index (Phi) is 5.20. The Morgan fingerprint density at radius 1 is 1.43 bits per heavy atom. The number of nitrogens with zero attached hydrogens (tertiary/aromatic N) is 2. The molecule has 2 aromatic rings. The lowest BCUT2D eigenvalue weighted by Gasteiger charge is -2.28. The van der Waals surface area contributed by atoms with Crippen LogP contribution in [-0.4, -0.2) is 32.2 Å². The molecule has 1 aliphatic carbocycles. The maximum atomic E-state index is 12.6. The summed E-state index contributed by atoms with van der Waals surface area (Å²) < 4.78 is 0. The third-order valence-electron chi connectivity index (χ3n) is 4.54. The molecule has 0 spiro atoms. The molecule has 1 atom stereocenters. The summed E-state index contributed by atoms with van der Waals surface area (Å²) in [6.07, 6.45) is 8.91. The van der Waals surface area contributed by atoms with Gasteiger partial charge in [0.05, 0.1) is 22.5 Å². The summed E-state index contributed by atoms with van der Waals surface area (Å²) in [6, 6.07) is 2.22. The number of carbonyl (C=O) groups excluding carboxylic acids is 1. The van der Waals surface area contributed by atoms with Gasteiger partial charge in [0.1, 0.15) is 0 Å². The van der Waals surface area contributed by atoms with Gasteiger partial charge in [-0.15, -0.1) is 0 Å². The quantitative estimate of drug-likeness (QED) is 0.822. The summed E-state index contributed by atoms with van der Waals surface area (Å²) in [6.45, 7) is 4.34. The van der Waals surface area contributed by atoms with E-state index in [0.717, 1.165) is 41.4 Å². The lowest BCUT2D eigenvalue weighted by molar-refractivity contribution is -0.121. The number of hydrogen-bond donors (Lipinski definition) is 2. The van der Waals surface area contributed by atoms with Crippen molar-refractivity contribution in [3.05, 3.63) is 18.5 Å². The van der Waals surface area contributed by atoms with Gasteiger partial charge in [-0.1, -0.05) is 25.6 Å². The third-order valence-corrected chi connectivity index (χ3v) is 5.79. The zero-order valence-corrected chi connectivity index (χ0v) is 14.5. The van der Waals surface area contributed by atoms with E-state index in [1.165, 1.54) is 24.6 Å². The third kappa shape index (κ3) is 4.05. The Hall–Kier alpha value is -1.56. The van der Waals surface area contributed by atoms with Crippen LogP contribution in [0.1, 0.15) is 46.0 Å². The Morgan fingerprint density at radius 2 is 2.22 bits per heavy atom. The van der Waals surface area contributed by atoms with Crippen molar-refractivity contribution in [1.82, 2.24) is 20.3 Å². The van der Waals surface area contributed by atoms with Gasteiger partial charge in [0.15, 0.2) is 5.16 Å². The molecule has 23 heavy (non-hydrogen) atoms. The Morgan fingerprint density at radius 3 is 2.91 bits per heavy atom. The number of pyridine rings is 1. The van der Waals surface area contributed by atoms with E-state index in [4.69, 9.17) is 0 Å². The van der Waals surface area contributed by atoms with E-state index in [1.54, 1.807) is 12.4 Å². The number of thioether (sulfide) groups is 1. The molecule has 0 aromatic carbocycles. The first kappa shape index (κ1) is 16.3. The zero-order chi connectivity index (χ0) is 16.2. The first-order valence-electron chi connectivity index (χ1n) is 8.42. The summed E-state index contributed by atoms with van der Waals surface area (Å²) in [7, 11) is 0. The lowest BCUT2D eigenvalue weighted by atomic mass is 9.87. The van der Waals surface area contributed by atoms with Crippen molar-refractivity contribution in [3.8, 4) is 0 Å². The van der Waals surface area contributed by atoms with E-state index in [-0.39, 0.29) is 11.2 Å². The summed E-state index contributed by atoms with van der Waals surface area (Å²) in [5.41, 5.74) is 1.80. The number of aromatic nitrogens is 3. The molecule has 5 nitrogen and oxygen atoms in total. The highest BCUT2D eigenvalue weighted by Crippen LogP contribution is 2.27. The average Bonchev–Trinajstić information content (AvgIpc) is 2.97. The molecule has 3 rings (SSSR count). The van der Waals surface area contributed by atoms with Crippen molar-refractivity contribution in [2.45, 2.75) is 62.4 Å². The standard InChI is InChI=1S/C17H24N4OS/c1-3-15(16(22)19-12-6-4-11(2)5-7-12)23-17-20-13-8-9-18-10-14(13)21-17/h8-12,15H,3-7H2,1-2H3,(H,19,22)(H,20,21). The highest BCUT2D eigenvalue weighted by atomic mass is 32.2. The fourth-order valence-electron chi connectivity index (χ4n) is 3.04. The van der Waals surface area contributed by atoms with Crippen LogP contribution in [0.15, 0.2) is 23.6 Å². The molecule has 0 radical (unpaired) electrons. The maximum Gasteiger partial charge on any atom is 0.233 e. The number of amides is 1. The minimum atomic E-state index is -0.108. The molecule has 2 heterocycles. The van der Waals surface area contributed by atoms with Crippen LogP contribution < -0.4 is 5.32 Å². The van der Waals surface area contributed by atoms with Gasteiger partial charge in [0.2, 0.25) is 5.91 Å². The molecule has 6 heteroatoms. The predicted octanol–water partition coefficient (Wildman–Crippen LogP) is 3.52. The molecule has 0 saturated heterocycles. The van der Waals surface area contributed by atoms with Crippen LogP contribution >= 0.6 is 11.8 Å². The number of hydrogen-bond acceptors (Lipinski definition) is 4. The van der Waals surface area contributed by atoms with Crippen LogP contribution in [0, 0.1) is 5.92 Å². The second-order valence-corrected chi connectivity index (χ2v) is 7.61. The van der Waals surface area contributed by atoms with Crippen molar-refractivity contribution < 1.29 is 4.79 Å². The minimum Gasteiger partial charge on any atom is -0.352 e. The average molecular weight is 332 g/mol. The monoisotopic (exact) mass is 332 g/mol. The first-order valence-corrected chi connectivity index (χ1v) is 9.30. The van der Waals surface area contributed by atoms with Crippen molar-refractivity contribution in [2.75, 3.05) is 0 Å². The number of carbonyl (C=O) groups is 1. The highest BCUT2D eigenvalue weighted by molar-refractivity contribution is 8.00. The molecular weight excluding hydrogens is 308 g/mol. The van der Waals surface area contributed by atoms with Gasteiger partial charge < -0.3 is 10.3 Å². The van der Waals surface area contributed by atoms with Crippen LogP contribution in [-0.2, 0) is 4.79 Å². The highest BCUT2D eigenvalue weighted by Gasteiger charge is 2.24. The van der Waals surface area contributed by atoms with E-state index >= 15 is 0 Å². The first-order chi connectivity index (χ1) is 11.2. The number of imidazole rings is 1. The van der Waals surface area contributed by atoms with Crippen LogP contribution in [0.25, 0.3) is 11.0 Å². The molecule has 2 N–H and O–H groups in total. The van der Waals surface area contributed by atoms with E-state index < -0.39 is 0 Å². The Balaban J connectivity index is 1.61. The van der Waals surface area contributed by atoms with Crippen molar-refractivity contribution in [1.29, 1.82) is 0 Å². The van der Waals surface area contributed by atoms with Gasteiger partial charge in [-0.25, -0.2) is 4.98 Å². The van der Waals surface area contributed by atoms with Gasteiger partial charge >= 0.3 is 0 Å². The molecule has 1 unspecified atom stereocenters. The fourth-order valence-corrected chi connectivity index (χ4v) is 3.98. The molecule has 2 aromatic heterocycles. The second kappa shape index (κ2) is 7.34. The van der Waals surface area contributed by atoms with E-state index in [0.29, 0.717) is 6.04 Å². The molecule has 0 aliphatic heterocycles. The van der Waals surface area contributed by atoms with Crippen LogP contribution in [0.4, 0.5) is 0 Å². The maximum absolute atomic E-state index is 12.6. The SMILES string of the molecule is CCC(Sc1nc2ccncc2[nH]1)C(=O)NC1CCC(C)CC1. The normalized spacial score (nSPS) is 22.9. The number of aromatic amines is 1. The van der Waals surface area contributed by atoms with E-state index in [9.17, 15) is 4.79 Å².